The molecule has 6 nitrogen and oxygen atoms in total. The lowest BCUT2D eigenvalue weighted by molar-refractivity contribution is 0.0792. The Balaban J connectivity index is 1.47. The Morgan fingerprint density at radius 1 is 1.13 bits per heavy atom. The van der Waals surface area contributed by atoms with Crippen LogP contribution in [0, 0.1) is 6.92 Å². The molecule has 1 amide bonds. The van der Waals surface area contributed by atoms with E-state index < -0.39 is 0 Å². The third-order valence-electron chi connectivity index (χ3n) is 5.98. The lowest BCUT2D eigenvalue weighted by atomic mass is 9.98. The van der Waals surface area contributed by atoms with Crippen LogP contribution in [0.5, 0.6) is 5.75 Å². The molecule has 1 saturated heterocycles. The third kappa shape index (κ3) is 3.54. The maximum atomic E-state index is 13.6. The molecule has 0 bridgehead atoms. The van der Waals surface area contributed by atoms with Crippen LogP contribution >= 0.6 is 0 Å². The average molecular weight is 413 g/mol. The van der Waals surface area contributed by atoms with Crippen molar-refractivity contribution < 1.29 is 14.1 Å². The highest BCUT2D eigenvalue weighted by molar-refractivity contribution is 6.07. The quantitative estimate of drug-likeness (QED) is 0.479. The van der Waals surface area contributed by atoms with Gasteiger partial charge in [0.05, 0.1) is 29.4 Å². The second-order valence-electron chi connectivity index (χ2n) is 7.88. The molecule has 1 fully saturated rings. The van der Waals surface area contributed by atoms with Crippen molar-refractivity contribution in [3.8, 4) is 17.0 Å². The third-order valence-corrected chi connectivity index (χ3v) is 5.98. The summed E-state index contributed by atoms with van der Waals surface area (Å²) in [5.41, 5.74) is 4.54. The number of amides is 1. The van der Waals surface area contributed by atoms with Gasteiger partial charge in [-0.15, -0.1) is 0 Å². The molecule has 0 spiro atoms. The van der Waals surface area contributed by atoms with E-state index in [1.807, 2.05) is 60.4 Å². The number of fused-ring (bicyclic) bond motifs is 1. The van der Waals surface area contributed by atoms with Crippen LogP contribution in [0.1, 0.15) is 34.0 Å². The first kappa shape index (κ1) is 19.3. The summed E-state index contributed by atoms with van der Waals surface area (Å²) in [6.45, 7) is 3.24. The van der Waals surface area contributed by atoms with Crippen molar-refractivity contribution in [2.24, 2.45) is 0 Å². The van der Waals surface area contributed by atoms with Crippen LogP contribution < -0.4 is 4.74 Å². The van der Waals surface area contributed by atoms with Crippen molar-refractivity contribution in [3.63, 3.8) is 0 Å². The molecule has 5 rings (SSSR count). The van der Waals surface area contributed by atoms with E-state index in [4.69, 9.17) is 9.26 Å². The second kappa shape index (κ2) is 7.87. The molecular formula is C25H23N3O3. The summed E-state index contributed by atoms with van der Waals surface area (Å²) in [5, 5.41) is 4.75. The summed E-state index contributed by atoms with van der Waals surface area (Å²) in [7, 11) is 1.66. The highest BCUT2D eigenvalue weighted by Crippen LogP contribution is 2.32. The largest absolute Gasteiger partial charge is 0.497 e. The van der Waals surface area contributed by atoms with Gasteiger partial charge in [0, 0.05) is 24.6 Å². The zero-order chi connectivity index (χ0) is 21.4. The van der Waals surface area contributed by atoms with E-state index in [1.165, 1.54) is 5.56 Å². The number of ether oxygens (including phenoxy) is 1. The summed E-state index contributed by atoms with van der Waals surface area (Å²) in [6.07, 6.45) is 0.931. The molecule has 4 aromatic rings. The van der Waals surface area contributed by atoms with Gasteiger partial charge in [-0.1, -0.05) is 47.6 Å². The number of benzene rings is 2. The minimum Gasteiger partial charge on any atom is -0.497 e. The van der Waals surface area contributed by atoms with Crippen molar-refractivity contribution in [1.82, 2.24) is 15.0 Å². The number of hydrogen-bond acceptors (Lipinski definition) is 5. The van der Waals surface area contributed by atoms with Crippen LogP contribution in [-0.4, -0.2) is 41.1 Å². The van der Waals surface area contributed by atoms with Crippen LogP contribution in [0.4, 0.5) is 0 Å². The number of methoxy groups -OCH3 is 1. The average Bonchev–Trinajstić information content (AvgIpc) is 3.46. The maximum Gasteiger partial charge on any atom is 0.259 e. The first-order chi connectivity index (χ1) is 15.1. The molecule has 1 aliphatic rings. The van der Waals surface area contributed by atoms with Gasteiger partial charge in [-0.2, -0.15) is 0 Å². The molecule has 0 N–H and O–H groups in total. The minimum absolute atomic E-state index is 0.00751. The van der Waals surface area contributed by atoms with Crippen LogP contribution in [0.25, 0.3) is 22.4 Å². The van der Waals surface area contributed by atoms with Crippen molar-refractivity contribution in [2.45, 2.75) is 19.3 Å². The fraction of sp³-hybridized carbons (Fsp3) is 0.240. The minimum atomic E-state index is -0.00751. The van der Waals surface area contributed by atoms with Crippen molar-refractivity contribution in [1.29, 1.82) is 0 Å². The molecular weight excluding hydrogens is 390 g/mol. The normalized spacial score (nSPS) is 16.1. The van der Waals surface area contributed by atoms with Gasteiger partial charge in [0.25, 0.3) is 11.6 Å². The van der Waals surface area contributed by atoms with Crippen LogP contribution in [-0.2, 0) is 0 Å². The lowest BCUT2D eigenvalue weighted by Crippen LogP contribution is -2.28. The predicted octanol–water partition coefficient (Wildman–Crippen LogP) is 4.84. The van der Waals surface area contributed by atoms with Gasteiger partial charge < -0.3 is 14.2 Å². The van der Waals surface area contributed by atoms with Gasteiger partial charge in [-0.3, -0.25) is 4.79 Å². The summed E-state index contributed by atoms with van der Waals surface area (Å²) < 4.78 is 10.7. The Morgan fingerprint density at radius 3 is 2.65 bits per heavy atom. The Bertz CT molecular complexity index is 1230. The molecule has 156 valence electrons. The molecule has 0 aliphatic carbocycles. The first-order valence-corrected chi connectivity index (χ1v) is 10.4. The van der Waals surface area contributed by atoms with E-state index in [9.17, 15) is 4.79 Å². The van der Waals surface area contributed by atoms with E-state index in [-0.39, 0.29) is 5.91 Å². The second-order valence-corrected chi connectivity index (χ2v) is 7.88. The Labute approximate surface area is 180 Å². The maximum absolute atomic E-state index is 13.6. The number of carbonyl (C=O) groups excluding carboxylic acids is 1. The van der Waals surface area contributed by atoms with Gasteiger partial charge in [-0.25, -0.2) is 4.98 Å². The number of aryl methyl sites for hydroxylation is 1. The zero-order valence-corrected chi connectivity index (χ0v) is 17.5. The van der Waals surface area contributed by atoms with E-state index >= 15 is 0 Å². The molecule has 3 heterocycles. The summed E-state index contributed by atoms with van der Waals surface area (Å²) >= 11 is 0. The van der Waals surface area contributed by atoms with Gasteiger partial charge in [0.15, 0.2) is 0 Å². The monoisotopic (exact) mass is 413 g/mol. The summed E-state index contributed by atoms with van der Waals surface area (Å²) in [4.78, 5) is 20.1. The topological polar surface area (TPSA) is 68.5 Å². The molecule has 6 heteroatoms. The van der Waals surface area contributed by atoms with Gasteiger partial charge in [-0.05, 0) is 37.1 Å². The number of hydrogen-bond donors (Lipinski definition) is 0. The van der Waals surface area contributed by atoms with E-state index in [2.05, 4.69) is 22.3 Å². The highest BCUT2D eigenvalue weighted by atomic mass is 16.5. The Hall–Kier alpha value is -3.67. The lowest BCUT2D eigenvalue weighted by Gasteiger charge is -2.18. The van der Waals surface area contributed by atoms with E-state index in [1.54, 1.807) is 7.11 Å². The van der Waals surface area contributed by atoms with Crippen LogP contribution in [0.3, 0.4) is 0 Å². The molecule has 1 aliphatic heterocycles. The van der Waals surface area contributed by atoms with Gasteiger partial charge in [0.1, 0.15) is 5.75 Å². The van der Waals surface area contributed by atoms with E-state index in [0.29, 0.717) is 47.1 Å². The first-order valence-electron chi connectivity index (χ1n) is 10.4. The Morgan fingerprint density at radius 2 is 1.90 bits per heavy atom. The predicted molar refractivity (Wildman–Crippen MR) is 118 cm³/mol. The fourth-order valence-corrected chi connectivity index (χ4v) is 4.28. The highest BCUT2D eigenvalue weighted by Gasteiger charge is 2.30. The molecule has 1 unspecified atom stereocenters. The standard InChI is InChI=1S/C25H23N3O3/c1-16-23-21(14-22(26-24(23)31-27-16)18-6-4-3-5-7-18)25(29)28-13-12-19(15-28)17-8-10-20(30-2)11-9-17/h3-11,14,19H,12-13,15H2,1-2H3. The van der Waals surface area contributed by atoms with Crippen molar-refractivity contribution in [3.05, 3.63) is 77.5 Å². The van der Waals surface area contributed by atoms with Gasteiger partial charge >= 0.3 is 0 Å². The molecule has 2 aromatic heterocycles. The molecule has 0 radical (unpaired) electrons. The number of rotatable bonds is 4. The number of likely N-dealkylation sites (tertiary alicyclic amines) is 1. The molecule has 1 atom stereocenters. The molecule has 2 aromatic carbocycles. The van der Waals surface area contributed by atoms with Crippen LogP contribution in [0.2, 0.25) is 0 Å². The molecule has 31 heavy (non-hydrogen) atoms. The zero-order valence-electron chi connectivity index (χ0n) is 17.5. The van der Waals surface area contributed by atoms with E-state index in [0.717, 1.165) is 17.7 Å². The number of nitrogens with zero attached hydrogens (tertiary/aromatic N) is 3. The number of pyridine rings is 1. The van der Waals surface area contributed by atoms with Crippen molar-refractivity contribution in [2.75, 3.05) is 20.2 Å². The van der Waals surface area contributed by atoms with Gasteiger partial charge in [0.2, 0.25) is 0 Å². The number of aromatic nitrogens is 2. The van der Waals surface area contributed by atoms with Crippen LogP contribution in [0.15, 0.2) is 65.2 Å². The Kier molecular flexibility index (Phi) is 4.90. The fourth-order valence-electron chi connectivity index (χ4n) is 4.28. The summed E-state index contributed by atoms with van der Waals surface area (Å²) in [5.74, 6) is 1.14. The SMILES string of the molecule is COc1ccc(C2CCN(C(=O)c3cc(-c4ccccc4)nc4onc(C)c34)C2)cc1. The van der Waals surface area contributed by atoms with Crippen molar-refractivity contribution >= 4 is 17.0 Å². The number of carbonyl (C=O) groups is 1. The smallest absolute Gasteiger partial charge is 0.259 e. The molecule has 0 saturated carbocycles. The summed E-state index contributed by atoms with van der Waals surface area (Å²) in [6, 6.07) is 19.8.